The van der Waals surface area contributed by atoms with Gasteiger partial charge in [-0.1, -0.05) is 6.42 Å². The van der Waals surface area contributed by atoms with Gasteiger partial charge in [0, 0.05) is 19.8 Å². The fourth-order valence-electron chi connectivity index (χ4n) is 2.16. The second-order valence-electron chi connectivity index (χ2n) is 4.32. The van der Waals surface area contributed by atoms with Crippen molar-refractivity contribution in [2.75, 3.05) is 26.0 Å². The van der Waals surface area contributed by atoms with E-state index in [9.17, 15) is 8.42 Å². The molecule has 6 heteroatoms. The normalized spacial score (nSPS) is 26.1. The summed E-state index contributed by atoms with van der Waals surface area (Å²) in [6.45, 7) is 1.04. The molecule has 0 aromatic rings. The highest BCUT2D eigenvalue weighted by atomic mass is 32.2. The van der Waals surface area contributed by atoms with Crippen LogP contribution in [0.1, 0.15) is 25.7 Å². The lowest BCUT2D eigenvalue weighted by atomic mass is 10.1. The summed E-state index contributed by atoms with van der Waals surface area (Å²) in [4.78, 5) is 0. The quantitative estimate of drug-likeness (QED) is 0.627. The molecule has 1 aliphatic rings. The molecule has 1 aliphatic carbocycles. The Morgan fingerprint density at radius 1 is 1.44 bits per heavy atom. The third kappa shape index (κ3) is 4.37. The van der Waals surface area contributed by atoms with Crippen LogP contribution >= 0.6 is 0 Å². The minimum atomic E-state index is -3.17. The molecule has 1 fully saturated rings. The van der Waals surface area contributed by atoms with Crippen molar-refractivity contribution in [2.45, 2.75) is 31.7 Å². The van der Waals surface area contributed by atoms with Gasteiger partial charge in [0.25, 0.3) is 0 Å². The van der Waals surface area contributed by atoms with Crippen LogP contribution in [0.2, 0.25) is 0 Å². The molecule has 0 aromatic heterocycles. The zero-order valence-electron chi connectivity index (χ0n) is 9.81. The third-order valence-corrected chi connectivity index (χ3v) is 4.54. The predicted molar refractivity (Wildman–Crippen MR) is 63.6 cm³/mol. The standard InChI is InChI=1S/C10H22N2O3S/c1-15-6-3-7-16(13,14)12-10-5-2-4-9(10)8-11/h9-10,12H,2-8,11H2,1H3. The van der Waals surface area contributed by atoms with E-state index in [0.29, 0.717) is 25.5 Å². The SMILES string of the molecule is COCCCS(=O)(=O)NC1CCCC1CN. The molecule has 0 heterocycles. The molecular weight excluding hydrogens is 228 g/mol. The van der Waals surface area contributed by atoms with Gasteiger partial charge in [0.2, 0.25) is 10.0 Å². The van der Waals surface area contributed by atoms with Crippen molar-refractivity contribution in [1.82, 2.24) is 4.72 Å². The molecule has 5 nitrogen and oxygen atoms in total. The number of hydrogen-bond donors (Lipinski definition) is 2. The summed E-state index contributed by atoms with van der Waals surface area (Å²) >= 11 is 0. The van der Waals surface area contributed by atoms with Crippen LogP contribution < -0.4 is 10.5 Å². The molecule has 1 saturated carbocycles. The third-order valence-electron chi connectivity index (χ3n) is 3.05. The van der Waals surface area contributed by atoms with Gasteiger partial charge in [0.15, 0.2) is 0 Å². The predicted octanol–water partition coefficient (Wildman–Crippen LogP) is 0.0697. The Bertz CT molecular complexity index is 292. The highest BCUT2D eigenvalue weighted by molar-refractivity contribution is 7.89. The number of nitrogens with one attached hydrogen (secondary N) is 1. The summed E-state index contributed by atoms with van der Waals surface area (Å²) < 4.78 is 31.0. The van der Waals surface area contributed by atoms with Crippen molar-refractivity contribution >= 4 is 10.0 Å². The molecule has 16 heavy (non-hydrogen) atoms. The summed E-state index contributed by atoms with van der Waals surface area (Å²) in [5.74, 6) is 0.437. The second kappa shape index (κ2) is 6.54. The largest absolute Gasteiger partial charge is 0.385 e. The molecular formula is C10H22N2O3S. The van der Waals surface area contributed by atoms with E-state index in [0.717, 1.165) is 19.3 Å². The summed E-state index contributed by atoms with van der Waals surface area (Å²) in [6, 6.07) is 0.0394. The molecule has 2 atom stereocenters. The smallest absolute Gasteiger partial charge is 0.211 e. The first kappa shape index (κ1) is 13.9. The van der Waals surface area contributed by atoms with Crippen molar-refractivity contribution in [2.24, 2.45) is 11.7 Å². The first-order valence-electron chi connectivity index (χ1n) is 5.78. The number of rotatable bonds is 7. The highest BCUT2D eigenvalue weighted by Gasteiger charge is 2.29. The molecule has 0 amide bonds. The van der Waals surface area contributed by atoms with Gasteiger partial charge in [0.1, 0.15) is 0 Å². The summed E-state index contributed by atoms with van der Waals surface area (Å²) in [5, 5.41) is 0. The number of hydrogen-bond acceptors (Lipinski definition) is 4. The maximum atomic E-state index is 11.7. The summed E-state index contributed by atoms with van der Waals surface area (Å²) in [6.07, 6.45) is 3.53. The molecule has 2 unspecified atom stereocenters. The Morgan fingerprint density at radius 2 is 2.19 bits per heavy atom. The van der Waals surface area contributed by atoms with Crippen LogP contribution in [0.3, 0.4) is 0 Å². The molecule has 0 saturated heterocycles. The minimum absolute atomic E-state index is 0.0394. The van der Waals surface area contributed by atoms with Crippen LogP contribution in [0.25, 0.3) is 0 Å². The Morgan fingerprint density at radius 3 is 2.81 bits per heavy atom. The zero-order valence-corrected chi connectivity index (χ0v) is 10.6. The van der Waals surface area contributed by atoms with Gasteiger partial charge in [-0.25, -0.2) is 13.1 Å². The molecule has 96 valence electrons. The lowest BCUT2D eigenvalue weighted by Crippen LogP contribution is -2.41. The average Bonchev–Trinajstić information content (AvgIpc) is 2.64. The van der Waals surface area contributed by atoms with E-state index in [4.69, 9.17) is 10.5 Å². The van der Waals surface area contributed by atoms with Crippen LogP contribution in [-0.2, 0) is 14.8 Å². The van der Waals surface area contributed by atoms with E-state index in [2.05, 4.69) is 4.72 Å². The Balaban J connectivity index is 2.39. The van der Waals surface area contributed by atoms with E-state index in [1.165, 1.54) is 0 Å². The van der Waals surface area contributed by atoms with Crippen molar-refractivity contribution in [3.05, 3.63) is 0 Å². The number of ether oxygens (including phenoxy) is 1. The molecule has 0 bridgehead atoms. The molecule has 0 radical (unpaired) electrons. The van der Waals surface area contributed by atoms with Gasteiger partial charge < -0.3 is 10.5 Å². The van der Waals surface area contributed by atoms with Crippen molar-refractivity contribution < 1.29 is 13.2 Å². The topological polar surface area (TPSA) is 81.4 Å². The van der Waals surface area contributed by atoms with E-state index < -0.39 is 10.0 Å². The zero-order chi connectivity index (χ0) is 12.0. The average molecular weight is 250 g/mol. The highest BCUT2D eigenvalue weighted by Crippen LogP contribution is 2.25. The van der Waals surface area contributed by atoms with Crippen LogP contribution in [0, 0.1) is 5.92 Å². The Labute approximate surface area is 97.8 Å². The van der Waals surface area contributed by atoms with Gasteiger partial charge in [-0.3, -0.25) is 0 Å². The fourth-order valence-corrected chi connectivity index (χ4v) is 3.54. The van der Waals surface area contributed by atoms with E-state index in [1.54, 1.807) is 7.11 Å². The van der Waals surface area contributed by atoms with Gasteiger partial charge in [-0.05, 0) is 31.7 Å². The van der Waals surface area contributed by atoms with E-state index >= 15 is 0 Å². The van der Waals surface area contributed by atoms with Crippen LogP contribution in [0.4, 0.5) is 0 Å². The first-order valence-corrected chi connectivity index (χ1v) is 7.43. The summed E-state index contributed by atoms with van der Waals surface area (Å²) in [5.41, 5.74) is 5.61. The molecule has 1 rings (SSSR count). The van der Waals surface area contributed by atoms with Crippen LogP contribution in [0.5, 0.6) is 0 Å². The van der Waals surface area contributed by atoms with Gasteiger partial charge in [-0.2, -0.15) is 0 Å². The molecule has 0 aliphatic heterocycles. The lowest BCUT2D eigenvalue weighted by molar-refractivity contribution is 0.199. The van der Waals surface area contributed by atoms with E-state index in [-0.39, 0.29) is 11.8 Å². The van der Waals surface area contributed by atoms with Gasteiger partial charge in [0.05, 0.1) is 5.75 Å². The minimum Gasteiger partial charge on any atom is -0.385 e. The van der Waals surface area contributed by atoms with Gasteiger partial charge in [-0.15, -0.1) is 0 Å². The summed E-state index contributed by atoms with van der Waals surface area (Å²) in [7, 11) is -1.59. The maximum Gasteiger partial charge on any atom is 0.211 e. The Hall–Kier alpha value is -0.170. The second-order valence-corrected chi connectivity index (χ2v) is 6.19. The molecule has 3 N–H and O–H groups in total. The van der Waals surface area contributed by atoms with Crippen LogP contribution in [0.15, 0.2) is 0 Å². The number of methoxy groups -OCH3 is 1. The number of nitrogens with two attached hydrogens (primary N) is 1. The molecule has 0 aromatic carbocycles. The monoisotopic (exact) mass is 250 g/mol. The van der Waals surface area contributed by atoms with Gasteiger partial charge >= 0.3 is 0 Å². The van der Waals surface area contributed by atoms with Crippen molar-refractivity contribution in [3.8, 4) is 0 Å². The molecule has 0 spiro atoms. The number of sulfonamides is 1. The maximum absolute atomic E-state index is 11.7. The van der Waals surface area contributed by atoms with Crippen molar-refractivity contribution in [3.63, 3.8) is 0 Å². The Kier molecular flexibility index (Phi) is 5.68. The fraction of sp³-hybridized carbons (Fsp3) is 1.00. The van der Waals surface area contributed by atoms with E-state index in [1.807, 2.05) is 0 Å². The van der Waals surface area contributed by atoms with Crippen LogP contribution in [-0.4, -0.2) is 40.5 Å². The first-order chi connectivity index (χ1) is 7.59. The van der Waals surface area contributed by atoms with Crippen molar-refractivity contribution in [1.29, 1.82) is 0 Å². The lowest BCUT2D eigenvalue weighted by Gasteiger charge is -2.19.